The lowest BCUT2D eigenvalue weighted by atomic mass is 10.1. The number of aromatic nitrogens is 2. The minimum Gasteiger partial charge on any atom is -0.326 e. The Hall–Kier alpha value is -1.98. The van der Waals surface area contributed by atoms with E-state index in [1.807, 2.05) is 15.6 Å². The number of hydrogen-bond acceptors (Lipinski definition) is 2. The molecule has 0 radical (unpaired) electrons. The molecule has 1 aromatic carbocycles. The van der Waals surface area contributed by atoms with Crippen molar-refractivity contribution in [1.29, 1.82) is 0 Å². The van der Waals surface area contributed by atoms with E-state index in [-0.39, 0.29) is 0 Å². The van der Waals surface area contributed by atoms with E-state index in [0.29, 0.717) is 5.92 Å². The molecule has 106 valence electrons. The highest BCUT2D eigenvalue weighted by Gasteiger charge is 2.30. The lowest BCUT2D eigenvalue weighted by Crippen LogP contribution is -2.33. The summed E-state index contributed by atoms with van der Waals surface area (Å²) in [6.07, 6.45) is -2.58. The molecule has 1 aromatic heterocycles. The fourth-order valence-corrected chi connectivity index (χ4v) is 2.52. The van der Waals surface area contributed by atoms with Gasteiger partial charge in [-0.3, -0.25) is 0 Å². The van der Waals surface area contributed by atoms with Gasteiger partial charge in [0.2, 0.25) is 0 Å². The fourth-order valence-electron chi connectivity index (χ4n) is 2.52. The van der Waals surface area contributed by atoms with Crippen LogP contribution < -0.4 is 4.90 Å². The van der Waals surface area contributed by atoms with Crippen LogP contribution in [0.2, 0.25) is 0 Å². The second-order valence-electron chi connectivity index (χ2n) is 5.13. The Bertz CT molecular complexity index is 601. The van der Waals surface area contributed by atoms with E-state index in [9.17, 15) is 13.2 Å². The van der Waals surface area contributed by atoms with Crippen molar-refractivity contribution in [1.82, 2.24) is 9.78 Å². The minimum absolute atomic E-state index is 0.393. The monoisotopic (exact) mass is 281 g/mol. The molecule has 1 unspecified atom stereocenters. The standard InChI is InChI=1S/C14H14F3N3/c1-10-8-19(13-6-7-18-20(13)9-10)12-4-2-11(3-5-12)14(15,16)17/h2-7,10H,8-9H2,1H3. The average Bonchev–Trinajstić information content (AvgIpc) is 2.85. The molecular weight excluding hydrogens is 267 g/mol. The smallest absolute Gasteiger partial charge is 0.326 e. The van der Waals surface area contributed by atoms with E-state index >= 15 is 0 Å². The normalized spacial score (nSPS) is 19.0. The van der Waals surface area contributed by atoms with Crippen molar-refractivity contribution in [2.24, 2.45) is 5.92 Å². The average molecular weight is 281 g/mol. The van der Waals surface area contributed by atoms with Crippen LogP contribution in [0, 0.1) is 5.92 Å². The van der Waals surface area contributed by atoms with Crippen LogP contribution in [0.15, 0.2) is 36.5 Å². The van der Waals surface area contributed by atoms with Crippen molar-refractivity contribution in [2.75, 3.05) is 11.4 Å². The first-order chi connectivity index (χ1) is 9.45. The molecule has 0 aliphatic carbocycles. The molecule has 0 bridgehead atoms. The summed E-state index contributed by atoms with van der Waals surface area (Å²) in [4.78, 5) is 2.00. The lowest BCUT2D eigenvalue weighted by Gasteiger charge is -2.33. The Kier molecular flexibility index (Phi) is 2.96. The molecule has 3 rings (SSSR count). The molecule has 0 amide bonds. The van der Waals surface area contributed by atoms with E-state index in [2.05, 4.69) is 12.0 Å². The summed E-state index contributed by atoms with van der Waals surface area (Å²) < 4.78 is 39.6. The van der Waals surface area contributed by atoms with Crippen molar-refractivity contribution in [3.05, 3.63) is 42.1 Å². The first kappa shape index (κ1) is 13.0. The van der Waals surface area contributed by atoms with Crippen molar-refractivity contribution in [3.63, 3.8) is 0 Å². The highest BCUT2D eigenvalue weighted by atomic mass is 19.4. The van der Waals surface area contributed by atoms with Gasteiger partial charge < -0.3 is 4.90 Å². The molecule has 1 atom stereocenters. The summed E-state index contributed by atoms with van der Waals surface area (Å²) in [5, 5.41) is 4.23. The van der Waals surface area contributed by atoms with Gasteiger partial charge in [-0.2, -0.15) is 18.3 Å². The third kappa shape index (κ3) is 2.26. The van der Waals surface area contributed by atoms with Crippen molar-refractivity contribution in [3.8, 4) is 0 Å². The van der Waals surface area contributed by atoms with Crippen LogP contribution in [0.4, 0.5) is 24.7 Å². The maximum atomic E-state index is 12.6. The van der Waals surface area contributed by atoms with Gasteiger partial charge in [0.1, 0.15) is 5.82 Å². The number of rotatable bonds is 1. The molecule has 3 nitrogen and oxygen atoms in total. The van der Waals surface area contributed by atoms with E-state index in [4.69, 9.17) is 0 Å². The second-order valence-corrected chi connectivity index (χ2v) is 5.13. The molecule has 0 saturated heterocycles. The maximum Gasteiger partial charge on any atom is 0.416 e. The number of anilines is 2. The second kappa shape index (κ2) is 4.54. The van der Waals surface area contributed by atoms with E-state index in [0.717, 1.165) is 36.7 Å². The van der Waals surface area contributed by atoms with Gasteiger partial charge in [0, 0.05) is 24.8 Å². The van der Waals surface area contributed by atoms with Crippen LogP contribution in [0.1, 0.15) is 12.5 Å². The third-order valence-corrected chi connectivity index (χ3v) is 3.46. The molecule has 1 aliphatic heterocycles. The number of alkyl halides is 3. The molecule has 0 N–H and O–H groups in total. The van der Waals surface area contributed by atoms with Crippen LogP contribution in [-0.2, 0) is 12.7 Å². The quantitative estimate of drug-likeness (QED) is 0.795. The highest BCUT2D eigenvalue weighted by molar-refractivity contribution is 5.61. The summed E-state index contributed by atoms with van der Waals surface area (Å²) in [6.45, 7) is 3.71. The topological polar surface area (TPSA) is 21.1 Å². The Balaban J connectivity index is 1.94. The van der Waals surface area contributed by atoms with Crippen LogP contribution in [0.25, 0.3) is 0 Å². The van der Waals surface area contributed by atoms with Gasteiger partial charge in [0.15, 0.2) is 0 Å². The van der Waals surface area contributed by atoms with Crippen molar-refractivity contribution < 1.29 is 13.2 Å². The number of nitrogens with zero attached hydrogens (tertiary/aromatic N) is 3. The maximum absolute atomic E-state index is 12.6. The van der Waals surface area contributed by atoms with Gasteiger partial charge in [-0.25, -0.2) is 4.68 Å². The number of fused-ring (bicyclic) bond motifs is 1. The van der Waals surface area contributed by atoms with Gasteiger partial charge in [0.05, 0.1) is 11.8 Å². The van der Waals surface area contributed by atoms with Crippen LogP contribution >= 0.6 is 0 Å². The summed E-state index contributed by atoms with van der Waals surface area (Å²) in [5.74, 6) is 1.31. The number of halogens is 3. The molecule has 2 heterocycles. The van der Waals surface area contributed by atoms with Crippen LogP contribution in [0.5, 0.6) is 0 Å². The zero-order chi connectivity index (χ0) is 14.3. The molecule has 0 saturated carbocycles. The summed E-state index contributed by atoms with van der Waals surface area (Å²) in [6, 6.07) is 7.14. The molecular formula is C14H14F3N3. The van der Waals surface area contributed by atoms with E-state index in [1.54, 1.807) is 6.20 Å². The highest BCUT2D eigenvalue weighted by Crippen LogP contribution is 2.34. The molecule has 2 aromatic rings. The van der Waals surface area contributed by atoms with Crippen molar-refractivity contribution >= 4 is 11.5 Å². The Morgan fingerprint density at radius 1 is 1.10 bits per heavy atom. The van der Waals surface area contributed by atoms with Gasteiger partial charge >= 0.3 is 6.18 Å². The Morgan fingerprint density at radius 3 is 2.45 bits per heavy atom. The zero-order valence-corrected chi connectivity index (χ0v) is 10.9. The fraction of sp³-hybridized carbons (Fsp3) is 0.357. The largest absolute Gasteiger partial charge is 0.416 e. The molecule has 1 aliphatic rings. The molecule has 20 heavy (non-hydrogen) atoms. The van der Waals surface area contributed by atoms with Gasteiger partial charge in [0.25, 0.3) is 0 Å². The zero-order valence-electron chi connectivity index (χ0n) is 10.9. The van der Waals surface area contributed by atoms with E-state index < -0.39 is 11.7 Å². The lowest BCUT2D eigenvalue weighted by molar-refractivity contribution is -0.137. The Labute approximate surface area is 114 Å². The van der Waals surface area contributed by atoms with Crippen LogP contribution in [0.3, 0.4) is 0 Å². The van der Waals surface area contributed by atoms with Crippen LogP contribution in [-0.4, -0.2) is 16.3 Å². The predicted molar refractivity (Wildman–Crippen MR) is 69.8 cm³/mol. The summed E-state index contributed by atoms with van der Waals surface area (Å²) >= 11 is 0. The molecule has 6 heteroatoms. The first-order valence-corrected chi connectivity index (χ1v) is 6.42. The third-order valence-electron chi connectivity index (χ3n) is 3.46. The van der Waals surface area contributed by atoms with Crippen molar-refractivity contribution in [2.45, 2.75) is 19.6 Å². The van der Waals surface area contributed by atoms with Gasteiger partial charge in [-0.15, -0.1) is 0 Å². The number of benzene rings is 1. The molecule has 0 fully saturated rings. The van der Waals surface area contributed by atoms with E-state index in [1.165, 1.54) is 12.1 Å². The molecule has 0 spiro atoms. The summed E-state index contributed by atoms with van der Waals surface area (Å²) in [5.41, 5.74) is 0.131. The Morgan fingerprint density at radius 2 is 1.80 bits per heavy atom. The predicted octanol–water partition coefficient (Wildman–Crippen LogP) is 3.69. The van der Waals surface area contributed by atoms with Gasteiger partial charge in [-0.1, -0.05) is 6.92 Å². The number of hydrogen-bond donors (Lipinski definition) is 0. The summed E-state index contributed by atoms with van der Waals surface area (Å²) in [7, 11) is 0. The van der Waals surface area contributed by atoms with Gasteiger partial charge in [-0.05, 0) is 30.2 Å². The SMILES string of the molecule is CC1CN(c2ccc(C(F)(F)F)cc2)c2ccnn2C1. The first-order valence-electron chi connectivity index (χ1n) is 6.42. The minimum atomic E-state index is -4.30.